The molecule has 0 amide bonds. The topological polar surface area (TPSA) is 49.7 Å². The van der Waals surface area contributed by atoms with Gasteiger partial charge in [-0.25, -0.2) is 0 Å². The van der Waals surface area contributed by atoms with E-state index < -0.39 is 7.32 Å². The molecule has 1 aromatic carbocycles. The molecule has 0 bridgehead atoms. The summed E-state index contributed by atoms with van der Waals surface area (Å²) in [5.74, 6) is 2.88. The predicted octanol–water partition coefficient (Wildman–Crippen LogP) is 1.13. The Kier molecular flexibility index (Phi) is 4.75. The summed E-state index contributed by atoms with van der Waals surface area (Å²) in [5.41, 5.74) is 1.10. The van der Waals surface area contributed by atoms with Crippen LogP contribution in [0.3, 0.4) is 0 Å². The molecule has 0 spiro atoms. The Morgan fingerprint density at radius 2 is 2.00 bits per heavy atom. The summed E-state index contributed by atoms with van der Waals surface area (Å²) in [7, 11) is -1.83. The van der Waals surface area contributed by atoms with Gasteiger partial charge in [0, 0.05) is 5.92 Å². The molecule has 1 unspecified atom stereocenters. The molecule has 0 aliphatic rings. The van der Waals surface area contributed by atoms with E-state index in [0.29, 0.717) is 0 Å². The third-order valence-corrected chi connectivity index (χ3v) is 2.01. The largest absolute Gasteiger partial charge is 0.716 e. The quantitative estimate of drug-likeness (QED) is 0.573. The van der Waals surface area contributed by atoms with E-state index in [-0.39, 0.29) is 5.92 Å². The molecule has 15 heavy (non-hydrogen) atoms. The lowest BCUT2D eigenvalue weighted by atomic mass is 9.98. The molecular formula is C11H13BO3. The van der Waals surface area contributed by atoms with Gasteiger partial charge >= 0.3 is 7.32 Å². The van der Waals surface area contributed by atoms with Gasteiger partial charge in [-0.05, 0) is 12.0 Å². The van der Waals surface area contributed by atoms with Gasteiger partial charge in [0.2, 0.25) is 0 Å². The Bertz CT molecular complexity index is 340. The van der Waals surface area contributed by atoms with Crippen LogP contribution in [0.25, 0.3) is 0 Å². The molecule has 0 radical (unpaired) electrons. The molecule has 0 saturated carbocycles. The van der Waals surface area contributed by atoms with Gasteiger partial charge < -0.3 is 14.7 Å². The predicted molar refractivity (Wildman–Crippen MR) is 58.5 cm³/mol. The van der Waals surface area contributed by atoms with Crippen molar-refractivity contribution in [1.29, 1.82) is 0 Å². The van der Waals surface area contributed by atoms with Crippen LogP contribution >= 0.6 is 0 Å². The molecule has 78 valence electrons. The van der Waals surface area contributed by atoms with E-state index in [4.69, 9.17) is 10.0 Å². The zero-order chi connectivity index (χ0) is 11.1. The average molecular weight is 204 g/mol. The summed E-state index contributed by atoms with van der Waals surface area (Å²) in [4.78, 5) is 0. The van der Waals surface area contributed by atoms with Crippen molar-refractivity contribution >= 4 is 7.32 Å². The highest BCUT2D eigenvalue weighted by atomic mass is 16.6. The van der Waals surface area contributed by atoms with Crippen LogP contribution in [0.1, 0.15) is 24.8 Å². The summed E-state index contributed by atoms with van der Waals surface area (Å²) in [6.45, 7) is 2.02. The van der Waals surface area contributed by atoms with E-state index in [0.717, 1.165) is 12.0 Å². The Hall–Kier alpha value is -1.44. The monoisotopic (exact) mass is 204 g/mol. The van der Waals surface area contributed by atoms with Crippen molar-refractivity contribution in [2.45, 2.75) is 19.3 Å². The molecule has 0 aliphatic heterocycles. The standard InChI is InChI=1S/C11H13BO3/c1-2-10(8-9-15-12(13)14)11-6-4-3-5-7-11/h3-7,10,13-14H,2H2,1H3. The second kappa shape index (κ2) is 6.12. The van der Waals surface area contributed by atoms with Gasteiger partial charge in [0.05, 0.1) is 6.11 Å². The molecule has 0 aliphatic carbocycles. The first-order valence-corrected chi connectivity index (χ1v) is 4.81. The van der Waals surface area contributed by atoms with Gasteiger partial charge in [0.15, 0.2) is 0 Å². The molecule has 0 saturated heterocycles. The summed E-state index contributed by atoms with van der Waals surface area (Å²) in [5, 5.41) is 16.9. The maximum Gasteiger partial charge on any atom is 0.716 e. The van der Waals surface area contributed by atoms with Crippen LogP contribution in [-0.2, 0) is 4.65 Å². The summed E-state index contributed by atoms with van der Waals surface area (Å²) in [6.07, 6.45) is 3.13. The maximum atomic E-state index is 8.44. The van der Waals surface area contributed by atoms with Gasteiger partial charge in [-0.2, -0.15) is 0 Å². The number of hydrogen-bond donors (Lipinski definition) is 2. The van der Waals surface area contributed by atoms with Crippen LogP contribution in [0.2, 0.25) is 0 Å². The van der Waals surface area contributed by atoms with Crippen LogP contribution in [0.4, 0.5) is 0 Å². The van der Waals surface area contributed by atoms with Crippen LogP contribution in [-0.4, -0.2) is 17.4 Å². The minimum absolute atomic E-state index is 0.0601. The highest BCUT2D eigenvalue weighted by molar-refractivity contribution is 6.33. The second-order valence-corrected chi connectivity index (χ2v) is 3.06. The average Bonchev–Trinajstić information content (AvgIpc) is 2.25. The first-order valence-electron chi connectivity index (χ1n) is 4.81. The van der Waals surface area contributed by atoms with Crippen molar-refractivity contribution in [2.75, 3.05) is 0 Å². The van der Waals surface area contributed by atoms with E-state index in [2.05, 4.69) is 16.7 Å². The lowest BCUT2D eigenvalue weighted by Gasteiger charge is -2.06. The van der Waals surface area contributed by atoms with Gasteiger partial charge in [0.1, 0.15) is 0 Å². The molecule has 1 rings (SSSR count). The Morgan fingerprint density at radius 1 is 1.33 bits per heavy atom. The number of rotatable bonds is 3. The fourth-order valence-corrected chi connectivity index (χ4v) is 1.26. The molecule has 4 heteroatoms. The zero-order valence-electron chi connectivity index (χ0n) is 8.55. The van der Waals surface area contributed by atoms with Crippen LogP contribution in [0.15, 0.2) is 30.3 Å². The van der Waals surface area contributed by atoms with E-state index in [1.807, 2.05) is 37.3 Å². The van der Waals surface area contributed by atoms with E-state index in [1.165, 1.54) is 0 Å². The molecule has 0 heterocycles. The first-order chi connectivity index (χ1) is 7.24. The fourth-order valence-electron chi connectivity index (χ4n) is 1.26. The van der Waals surface area contributed by atoms with E-state index >= 15 is 0 Å². The third-order valence-electron chi connectivity index (χ3n) is 2.01. The summed E-state index contributed by atoms with van der Waals surface area (Å²) < 4.78 is 4.35. The smallest absolute Gasteiger partial charge is 0.462 e. The summed E-state index contributed by atoms with van der Waals surface area (Å²) >= 11 is 0. The van der Waals surface area contributed by atoms with Crippen molar-refractivity contribution in [3.8, 4) is 12.0 Å². The van der Waals surface area contributed by atoms with Gasteiger partial charge in [-0.1, -0.05) is 43.2 Å². The lowest BCUT2D eigenvalue weighted by Crippen LogP contribution is -2.13. The van der Waals surface area contributed by atoms with Crippen molar-refractivity contribution in [3.05, 3.63) is 35.9 Å². The molecule has 1 atom stereocenters. The van der Waals surface area contributed by atoms with Crippen LogP contribution < -0.4 is 0 Å². The van der Waals surface area contributed by atoms with Gasteiger partial charge in [-0.15, -0.1) is 0 Å². The van der Waals surface area contributed by atoms with Gasteiger partial charge in [0.25, 0.3) is 0 Å². The Balaban J connectivity index is 2.67. The van der Waals surface area contributed by atoms with Crippen molar-refractivity contribution in [1.82, 2.24) is 0 Å². The van der Waals surface area contributed by atoms with Crippen LogP contribution in [0, 0.1) is 12.0 Å². The molecule has 0 aromatic heterocycles. The molecule has 2 N–H and O–H groups in total. The minimum Gasteiger partial charge on any atom is -0.462 e. The fraction of sp³-hybridized carbons (Fsp3) is 0.273. The third kappa shape index (κ3) is 4.07. The van der Waals surface area contributed by atoms with Crippen molar-refractivity contribution in [3.63, 3.8) is 0 Å². The Labute approximate surface area is 89.9 Å². The number of benzene rings is 1. The minimum atomic E-state index is -1.83. The van der Waals surface area contributed by atoms with Crippen LogP contribution in [0.5, 0.6) is 0 Å². The van der Waals surface area contributed by atoms with Crippen molar-refractivity contribution in [2.24, 2.45) is 0 Å². The van der Waals surface area contributed by atoms with E-state index in [9.17, 15) is 0 Å². The molecule has 1 aromatic rings. The number of hydrogen-bond acceptors (Lipinski definition) is 3. The zero-order valence-corrected chi connectivity index (χ0v) is 8.55. The second-order valence-electron chi connectivity index (χ2n) is 3.06. The van der Waals surface area contributed by atoms with Gasteiger partial charge in [-0.3, -0.25) is 0 Å². The van der Waals surface area contributed by atoms with Crippen molar-refractivity contribution < 1.29 is 14.7 Å². The summed E-state index contributed by atoms with van der Waals surface area (Å²) in [6, 6.07) is 9.80. The van der Waals surface area contributed by atoms with E-state index in [1.54, 1.807) is 0 Å². The highest BCUT2D eigenvalue weighted by Gasteiger charge is 2.08. The molecular weight excluding hydrogens is 191 g/mol. The highest BCUT2D eigenvalue weighted by Crippen LogP contribution is 2.17. The maximum absolute atomic E-state index is 8.44. The molecule has 3 nitrogen and oxygen atoms in total. The normalized spacial score (nSPS) is 11.1. The SMILES string of the molecule is CCC(C#COB(O)O)c1ccccc1. The molecule has 0 fully saturated rings. The Morgan fingerprint density at radius 3 is 2.53 bits per heavy atom. The first kappa shape index (κ1) is 11.6. The lowest BCUT2D eigenvalue weighted by molar-refractivity contribution is 0.270.